The van der Waals surface area contributed by atoms with Gasteiger partial charge < -0.3 is 10.1 Å². The molecule has 0 saturated heterocycles. The number of hydrogen-bond donors (Lipinski definition) is 1. The molecule has 0 aliphatic carbocycles. The van der Waals surface area contributed by atoms with Crippen molar-refractivity contribution in [3.8, 4) is 5.75 Å². The van der Waals surface area contributed by atoms with E-state index in [9.17, 15) is 4.79 Å². The minimum atomic E-state index is -0.101. The number of carbonyl (C=O) groups is 1. The second-order valence-electron chi connectivity index (χ2n) is 6.44. The topological polar surface area (TPSA) is 38.3 Å². The Hall–Kier alpha value is -2.29. The summed E-state index contributed by atoms with van der Waals surface area (Å²) in [5.74, 6) is 0.524. The van der Waals surface area contributed by atoms with E-state index in [2.05, 4.69) is 44.3 Å². The molecule has 2 aromatic carbocycles. The zero-order valence-electron chi connectivity index (χ0n) is 15.2. The fourth-order valence-electron chi connectivity index (χ4n) is 2.65. The first-order valence-electron chi connectivity index (χ1n) is 8.56. The van der Waals surface area contributed by atoms with E-state index in [1.165, 1.54) is 11.1 Å². The molecule has 0 aliphatic rings. The lowest BCUT2D eigenvalue weighted by atomic mass is 9.99. The summed E-state index contributed by atoms with van der Waals surface area (Å²) >= 11 is 0. The van der Waals surface area contributed by atoms with Crippen LogP contribution in [0.4, 0.5) is 0 Å². The lowest BCUT2D eigenvalue weighted by molar-refractivity contribution is 0.0929. The number of hydrogen-bond acceptors (Lipinski definition) is 2. The predicted molar refractivity (Wildman–Crippen MR) is 98.6 cm³/mol. The molecule has 2 rings (SSSR count). The van der Waals surface area contributed by atoms with Crippen LogP contribution in [0.5, 0.6) is 5.75 Å². The molecule has 3 nitrogen and oxygen atoms in total. The number of nitrogens with one attached hydrogen (secondary N) is 1. The van der Waals surface area contributed by atoms with Gasteiger partial charge in [-0.1, -0.05) is 37.3 Å². The fourth-order valence-corrected chi connectivity index (χ4v) is 2.65. The van der Waals surface area contributed by atoms with Crippen molar-refractivity contribution in [3.05, 3.63) is 64.7 Å². The van der Waals surface area contributed by atoms with Crippen molar-refractivity contribution in [2.45, 2.75) is 53.2 Å². The van der Waals surface area contributed by atoms with Gasteiger partial charge in [0.05, 0.1) is 17.7 Å². The van der Waals surface area contributed by atoms with Crippen LogP contribution in [0.2, 0.25) is 0 Å². The molecule has 0 unspecified atom stereocenters. The van der Waals surface area contributed by atoms with Crippen LogP contribution in [0, 0.1) is 13.8 Å². The third-order valence-electron chi connectivity index (χ3n) is 4.14. The molecule has 0 aromatic heterocycles. The van der Waals surface area contributed by atoms with Gasteiger partial charge in [0.15, 0.2) is 0 Å². The number of amides is 1. The molecule has 1 atom stereocenters. The lowest BCUT2D eigenvalue weighted by Crippen LogP contribution is -2.29. The summed E-state index contributed by atoms with van der Waals surface area (Å²) in [6.07, 6.45) is 0.863. The molecule has 3 heteroatoms. The van der Waals surface area contributed by atoms with Crippen molar-refractivity contribution >= 4 is 5.91 Å². The van der Waals surface area contributed by atoms with E-state index in [1.54, 1.807) is 6.07 Å². The minimum Gasteiger partial charge on any atom is -0.490 e. The van der Waals surface area contributed by atoms with Crippen LogP contribution in [-0.2, 0) is 0 Å². The largest absolute Gasteiger partial charge is 0.490 e. The Kier molecular flexibility index (Phi) is 6.02. The summed E-state index contributed by atoms with van der Waals surface area (Å²) < 4.78 is 5.76. The minimum absolute atomic E-state index is 0.0103. The highest BCUT2D eigenvalue weighted by atomic mass is 16.5. The van der Waals surface area contributed by atoms with Crippen LogP contribution in [-0.4, -0.2) is 12.0 Å². The van der Waals surface area contributed by atoms with Crippen molar-refractivity contribution in [2.24, 2.45) is 0 Å². The molecule has 0 heterocycles. The molecular formula is C21H27NO2. The van der Waals surface area contributed by atoms with Gasteiger partial charge in [-0.25, -0.2) is 0 Å². The van der Waals surface area contributed by atoms with E-state index in [0.717, 1.165) is 12.0 Å². The highest BCUT2D eigenvalue weighted by molar-refractivity contribution is 5.97. The fraction of sp³-hybridized carbons (Fsp3) is 0.381. The molecule has 24 heavy (non-hydrogen) atoms. The number of rotatable bonds is 6. The van der Waals surface area contributed by atoms with E-state index in [4.69, 9.17) is 4.74 Å². The van der Waals surface area contributed by atoms with E-state index < -0.39 is 0 Å². The summed E-state index contributed by atoms with van der Waals surface area (Å²) in [7, 11) is 0. The van der Waals surface area contributed by atoms with Crippen LogP contribution in [0.25, 0.3) is 0 Å². The zero-order valence-corrected chi connectivity index (χ0v) is 15.2. The third-order valence-corrected chi connectivity index (χ3v) is 4.14. The molecule has 0 fully saturated rings. The van der Waals surface area contributed by atoms with E-state index >= 15 is 0 Å². The average molecular weight is 325 g/mol. The summed E-state index contributed by atoms with van der Waals surface area (Å²) in [5.41, 5.74) is 4.21. The smallest absolute Gasteiger partial charge is 0.255 e. The first-order chi connectivity index (χ1) is 11.4. The summed E-state index contributed by atoms with van der Waals surface area (Å²) in [6.45, 7) is 10.2. The number of benzene rings is 2. The molecule has 0 radical (unpaired) electrons. The van der Waals surface area contributed by atoms with E-state index in [-0.39, 0.29) is 18.1 Å². The third kappa shape index (κ3) is 4.38. The standard InChI is InChI=1S/C21H27NO2/c1-6-19(17-12-11-15(4)16(5)13-17)22-21(23)18-9-7-8-10-20(18)24-14(2)3/h7-14,19H,6H2,1-5H3,(H,22,23)/t19-/m1/s1. The van der Waals surface area contributed by atoms with Crippen LogP contribution >= 0.6 is 0 Å². The van der Waals surface area contributed by atoms with Gasteiger partial charge in [-0.15, -0.1) is 0 Å². The monoisotopic (exact) mass is 325 g/mol. The average Bonchev–Trinajstić information content (AvgIpc) is 2.55. The Morgan fingerprint density at radius 2 is 1.79 bits per heavy atom. The molecule has 1 amide bonds. The maximum atomic E-state index is 12.8. The Balaban J connectivity index is 2.22. The molecular weight excluding hydrogens is 298 g/mol. The van der Waals surface area contributed by atoms with Gasteiger partial charge in [-0.2, -0.15) is 0 Å². The van der Waals surface area contributed by atoms with Crippen molar-refractivity contribution in [1.82, 2.24) is 5.32 Å². The Labute approximate surface area is 145 Å². The van der Waals surface area contributed by atoms with Crippen LogP contribution in [0.15, 0.2) is 42.5 Å². The van der Waals surface area contributed by atoms with Gasteiger partial charge in [0.25, 0.3) is 5.91 Å². The van der Waals surface area contributed by atoms with Crippen LogP contribution in [0.3, 0.4) is 0 Å². The van der Waals surface area contributed by atoms with Crippen LogP contribution in [0.1, 0.15) is 60.3 Å². The molecule has 0 aliphatic heterocycles. The second-order valence-corrected chi connectivity index (χ2v) is 6.44. The maximum Gasteiger partial charge on any atom is 0.255 e. The second kappa shape index (κ2) is 8.00. The summed E-state index contributed by atoms with van der Waals surface area (Å²) in [4.78, 5) is 12.8. The summed E-state index contributed by atoms with van der Waals surface area (Å²) in [6, 6.07) is 13.7. The first-order valence-corrected chi connectivity index (χ1v) is 8.56. The Morgan fingerprint density at radius 3 is 2.42 bits per heavy atom. The first kappa shape index (κ1) is 18.1. The van der Waals surface area contributed by atoms with Gasteiger partial charge in [0, 0.05) is 0 Å². The molecule has 0 bridgehead atoms. The number of ether oxygens (including phenoxy) is 1. The van der Waals surface area contributed by atoms with Crippen molar-refractivity contribution < 1.29 is 9.53 Å². The molecule has 1 N–H and O–H groups in total. The Morgan fingerprint density at radius 1 is 1.08 bits per heavy atom. The van der Waals surface area contributed by atoms with E-state index in [0.29, 0.717) is 11.3 Å². The molecule has 0 spiro atoms. The molecule has 128 valence electrons. The molecule has 0 saturated carbocycles. The lowest BCUT2D eigenvalue weighted by Gasteiger charge is -2.20. The van der Waals surface area contributed by atoms with Crippen molar-refractivity contribution in [3.63, 3.8) is 0 Å². The maximum absolute atomic E-state index is 12.8. The van der Waals surface area contributed by atoms with Gasteiger partial charge >= 0.3 is 0 Å². The van der Waals surface area contributed by atoms with E-state index in [1.807, 2.05) is 32.0 Å². The normalized spacial score (nSPS) is 12.1. The highest BCUT2D eigenvalue weighted by Gasteiger charge is 2.18. The number of aryl methyl sites for hydroxylation is 2. The quantitative estimate of drug-likeness (QED) is 0.814. The van der Waals surface area contributed by atoms with Gasteiger partial charge in [-0.3, -0.25) is 4.79 Å². The van der Waals surface area contributed by atoms with Gasteiger partial charge in [-0.05, 0) is 62.9 Å². The van der Waals surface area contributed by atoms with Gasteiger partial charge in [0.1, 0.15) is 5.75 Å². The van der Waals surface area contributed by atoms with Crippen molar-refractivity contribution in [1.29, 1.82) is 0 Å². The highest BCUT2D eigenvalue weighted by Crippen LogP contribution is 2.23. The SMILES string of the molecule is CC[C@@H](NC(=O)c1ccccc1OC(C)C)c1ccc(C)c(C)c1. The molecule has 2 aromatic rings. The summed E-state index contributed by atoms with van der Waals surface area (Å²) in [5, 5.41) is 3.14. The number of carbonyl (C=O) groups excluding carboxylic acids is 1. The van der Waals surface area contributed by atoms with Gasteiger partial charge in [0.2, 0.25) is 0 Å². The predicted octanol–water partition coefficient (Wildman–Crippen LogP) is 4.97. The Bertz CT molecular complexity index is 707. The van der Waals surface area contributed by atoms with Crippen LogP contribution < -0.4 is 10.1 Å². The van der Waals surface area contributed by atoms with Crippen molar-refractivity contribution in [2.75, 3.05) is 0 Å². The zero-order chi connectivity index (χ0) is 17.7. The number of para-hydroxylation sites is 1.